The SMILES string of the molecule is C=C/C=C(/C(C=C)=C/c1ccccc1C)c1ccc2c(-c3cnc4ccccc4c3)cn(-c3ccccc3)c2c1C. The number of nitrogens with zero attached hydrogens (tertiary/aromatic N) is 2. The number of aryl methyl sites for hydroxylation is 2. The van der Waals surface area contributed by atoms with Crippen LogP contribution in [0.3, 0.4) is 0 Å². The van der Waals surface area contributed by atoms with Crippen LogP contribution in [0.25, 0.3) is 50.3 Å². The van der Waals surface area contributed by atoms with Gasteiger partial charge >= 0.3 is 0 Å². The van der Waals surface area contributed by atoms with Crippen molar-refractivity contribution in [3.8, 4) is 16.8 Å². The molecule has 0 unspecified atom stereocenters. The first kappa shape index (κ1) is 26.0. The van der Waals surface area contributed by atoms with Crippen LogP contribution in [0.5, 0.6) is 0 Å². The molecule has 0 N–H and O–H groups in total. The van der Waals surface area contributed by atoms with Crippen LogP contribution < -0.4 is 0 Å². The molecule has 2 heteroatoms. The second-order valence-corrected chi connectivity index (χ2v) is 10.3. The van der Waals surface area contributed by atoms with Gasteiger partial charge in [-0.15, -0.1) is 0 Å². The minimum absolute atomic E-state index is 0.998. The lowest BCUT2D eigenvalue weighted by Crippen LogP contribution is -1.98. The Kier molecular flexibility index (Phi) is 7.06. The number of rotatable bonds is 7. The van der Waals surface area contributed by atoms with E-state index >= 15 is 0 Å². The molecule has 2 nitrogen and oxygen atoms in total. The Hall–Kier alpha value is -5.21. The van der Waals surface area contributed by atoms with Gasteiger partial charge in [-0.1, -0.05) is 104 Å². The summed E-state index contributed by atoms with van der Waals surface area (Å²) in [5.74, 6) is 0. The van der Waals surface area contributed by atoms with E-state index in [-0.39, 0.29) is 0 Å². The number of fused-ring (bicyclic) bond motifs is 2. The summed E-state index contributed by atoms with van der Waals surface area (Å²) in [6.45, 7) is 12.6. The Morgan fingerprint density at radius 1 is 0.829 bits per heavy atom. The van der Waals surface area contributed by atoms with E-state index in [2.05, 4.69) is 141 Å². The maximum atomic E-state index is 4.77. The number of aromatic nitrogens is 2. The van der Waals surface area contributed by atoms with Crippen molar-refractivity contribution in [1.82, 2.24) is 9.55 Å². The van der Waals surface area contributed by atoms with Gasteiger partial charge in [0.25, 0.3) is 0 Å². The zero-order valence-corrected chi connectivity index (χ0v) is 23.5. The van der Waals surface area contributed by atoms with E-state index in [0.29, 0.717) is 0 Å². The number of para-hydroxylation sites is 2. The summed E-state index contributed by atoms with van der Waals surface area (Å²) in [7, 11) is 0. The van der Waals surface area contributed by atoms with Crippen molar-refractivity contribution in [2.45, 2.75) is 13.8 Å². The molecule has 0 atom stereocenters. The zero-order valence-electron chi connectivity index (χ0n) is 23.5. The zero-order chi connectivity index (χ0) is 28.3. The molecule has 6 aromatic rings. The molecule has 0 fully saturated rings. The fraction of sp³-hybridized carbons (Fsp3) is 0.0513. The fourth-order valence-corrected chi connectivity index (χ4v) is 5.65. The molecule has 2 aromatic heterocycles. The molecule has 0 radical (unpaired) electrons. The third-order valence-electron chi connectivity index (χ3n) is 7.76. The lowest BCUT2D eigenvalue weighted by Gasteiger charge is -2.16. The van der Waals surface area contributed by atoms with Gasteiger partial charge in [0.2, 0.25) is 0 Å². The highest BCUT2D eigenvalue weighted by atomic mass is 15.0. The molecule has 6 rings (SSSR count). The number of benzene rings is 4. The van der Waals surface area contributed by atoms with Crippen LogP contribution >= 0.6 is 0 Å². The third-order valence-corrected chi connectivity index (χ3v) is 7.76. The quantitative estimate of drug-likeness (QED) is 0.188. The van der Waals surface area contributed by atoms with Crippen molar-refractivity contribution < 1.29 is 0 Å². The van der Waals surface area contributed by atoms with Crippen molar-refractivity contribution in [1.29, 1.82) is 0 Å². The highest BCUT2D eigenvalue weighted by molar-refractivity contribution is 6.03. The molecule has 0 aliphatic carbocycles. The standard InChI is InChI=1S/C39H32N2/c1-5-14-35(29(6-2)23-30-16-11-10-15-27(30)3)34-21-22-36-37(32-24-31-17-12-13-20-38(31)40-25-32)26-41(39(36)28(34)4)33-18-8-7-9-19-33/h5-26H,1-2H2,3-4H3/b29-23+,35-14-. The van der Waals surface area contributed by atoms with Crippen molar-refractivity contribution in [3.63, 3.8) is 0 Å². The first-order valence-electron chi connectivity index (χ1n) is 13.9. The Morgan fingerprint density at radius 3 is 2.37 bits per heavy atom. The fourth-order valence-electron chi connectivity index (χ4n) is 5.65. The van der Waals surface area contributed by atoms with Gasteiger partial charge in [-0.3, -0.25) is 4.98 Å². The molecule has 4 aromatic carbocycles. The van der Waals surface area contributed by atoms with Gasteiger partial charge < -0.3 is 4.57 Å². The molecule has 0 amide bonds. The van der Waals surface area contributed by atoms with Crippen LogP contribution in [0.15, 0.2) is 146 Å². The van der Waals surface area contributed by atoms with Gasteiger partial charge in [-0.05, 0) is 77.6 Å². The summed E-state index contributed by atoms with van der Waals surface area (Å²) in [5, 5.41) is 2.32. The molecule has 2 heterocycles. The molecule has 41 heavy (non-hydrogen) atoms. The molecular formula is C39H32N2. The molecular weight excluding hydrogens is 496 g/mol. The molecule has 0 spiro atoms. The summed E-state index contributed by atoms with van der Waals surface area (Å²) < 4.78 is 2.31. The average Bonchev–Trinajstić information content (AvgIpc) is 3.41. The molecule has 0 saturated carbocycles. The third kappa shape index (κ3) is 4.85. The smallest absolute Gasteiger partial charge is 0.0702 e. The van der Waals surface area contributed by atoms with Gasteiger partial charge in [-0.2, -0.15) is 0 Å². The first-order valence-corrected chi connectivity index (χ1v) is 13.9. The van der Waals surface area contributed by atoms with Crippen molar-refractivity contribution >= 4 is 33.5 Å². The maximum absolute atomic E-state index is 4.77. The average molecular weight is 529 g/mol. The normalized spacial score (nSPS) is 12.1. The van der Waals surface area contributed by atoms with Gasteiger partial charge in [0, 0.05) is 40.0 Å². The summed E-state index contributed by atoms with van der Waals surface area (Å²) in [6.07, 6.45) is 12.3. The minimum atomic E-state index is 0.998. The number of hydrogen-bond acceptors (Lipinski definition) is 1. The van der Waals surface area contributed by atoms with E-state index in [1.807, 2.05) is 24.4 Å². The van der Waals surface area contributed by atoms with Crippen LogP contribution in [-0.4, -0.2) is 9.55 Å². The molecule has 0 bridgehead atoms. The van der Waals surface area contributed by atoms with Crippen LogP contribution in [0.2, 0.25) is 0 Å². The maximum Gasteiger partial charge on any atom is 0.0702 e. The van der Waals surface area contributed by atoms with Gasteiger partial charge in [0.1, 0.15) is 0 Å². The second kappa shape index (κ2) is 11.1. The van der Waals surface area contributed by atoms with Gasteiger partial charge in [-0.25, -0.2) is 0 Å². The topological polar surface area (TPSA) is 17.8 Å². The largest absolute Gasteiger partial charge is 0.316 e. The van der Waals surface area contributed by atoms with E-state index in [4.69, 9.17) is 4.98 Å². The Morgan fingerprint density at radius 2 is 1.59 bits per heavy atom. The van der Waals surface area contributed by atoms with Crippen LogP contribution in [-0.2, 0) is 0 Å². The Balaban J connectivity index is 1.60. The summed E-state index contributed by atoms with van der Waals surface area (Å²) in [5.41, 5.74) is 12.4. The summed E-state index contributed by atoms with van der Waals surface area (Å²) >= 11 is 0. The number of hydrogen-bond donors (Lipinski definition) is 0. The van der Waals surface area contributed by atoms with Crippen molar-refractivity contribution in [3.05, 3.63) is 169 Å². The summed E-state index contributed by atoms with van der Waals surface area (Å²) in [4.78, 5) is 4.77. The number of allylic oxidation sites excluding steroid dienone is 5. The summed E-state index contributed by atoms with van der Waals surface area (Å²) in [6, 6.07) is 33.9. The second-order valence-electron chi connectivity index (χ2n) is 10.3. The van der Waals surface area contributed by atoms with E-state index < -0.39 is 0 Å². The Bertz CT molecular complexity index is 1980. The highest BCUT2D eigenvalue weighted by Gasteiger charge is 2.18. The lowest BCUT2D eigenvalue weighted by molar-refractivity contribution is 1.12. The van der Waals surface area contributed by atoms with E-state index in [1.165, 1.54) is 27.6 Å². The van der Waals surface area contributed by atoms with Crippen LogP contribution in [0.4, 0.5) is 0 Å². The van der Waals surface area contributed by atoms with E-state index in [0.717, 1.165) is 44.4 Å². The van der Waals surface area contributed by atoms with Gasteiger partial charge in [0.05, 0.1) is 11.0 Å². The van der Waals surface area contributed by atoms with Crippen molar-refractivity contribution in [2.24, 2.45) is 0 Å². The first-order chi connectivity index (χ1) is 20.1. The minimum Gasteiger partial charge on any atom is -0.316 e. The molecule has 0 aliphatic rings. The predicted molar refractivity (Wildman–Crippen MR) is 176 cm³/mol. The Labute approximate surface area is 241 Å². The number of pyridine rings is 1. The molecule has 0 saturated heterocycles. The highest BCUT2D eigenvalue weighted by Crippen LogP contribution is 2.39. The van der Waals surface area contributed by atoms with E-state index in [9.17, 15) is 0 Å². The predicted octanol–water partition coefficient (Wildman–Crippen LogP) is 10.3. The van der Waals surface area contributed by atoms with Crippen LogP contribution in [0, 0.1) is 13.8 Å². The van der Waals surface area contributed by atoms with Crippen molar-refractivity contribution in [2.75, 3.05) is 0 Å². The monoisotopic (exact) mass is 528 g/mol. The lowest BCUT2D eigenvalue weighted by atomic mass is 9.90. The van der Waals surface area contributed by atoms with Gasteiger partial charge in [0.15, 0.2) is 0 Å². The molecule has 0 aliphatic heterocycles. The molecule has 198 valence electrons. The van der Waals surface area contributed by atoms with E-state index in [1.54, 1.807) is 0 Å². The van der Waals surface area contributed by atoms with Crippen LogP contribution in [0.1, 0.15) is 22.3 Å².